The second-order valence-electron chi connectivity index (χ2n) is 17.8. The number of unbranched alkanes of at least 4 members (excludes halogenated alkanes) is 3. The highest BCUT2D eigenvalue weighted by molar-refractivity contribution is 7.94. The van der Waals surface area contributed by atoms with Crippen molar-refractivity contribution in [1.82, 2.24) is 0 Å². The summed E-state index contributed by atoms with van der Waals surface area (Å²) >= 11 is 1.86. The van der Waals surface area contributed by atoms with Crippen LogP contribution in [0.4, 0.5) is 11.4 Å². The van der Waals surface area contributed by atoms with Crippen LogP contribution in [0.25, 0.3) is 5.57 Å². The summed E-state index contributed by atoms with van der Waals surface area (Å²) < 4.78 is 85.1. The lowest BCUT2D eigenvalue weighted by Gasteiger charge is -2.28. The molecule has 16 nitrogen and oxygen atoms in total. The lowest BCUT2D eigenvalue weighted by Crippen LogP contribution is -2.28. The number of nitrogens with zero attached hydrogens (tertiary/aromatic N) is 2. The van der Waals surface area contributed by atoms with Gasteiger partial charge >= 0.3 is 0 Å². The van der Waals surface area contributed by atoms with Gasteiger partial charge in [-0.05, 0) is 142 Å². The van der Waals surface area contributed by atoms with Crippen LogP contribution in [0.15, 0.2) is 112 Å². The zero-order valence-electron chi connectivity index (χ0n) is 38.6. The van der Waals surface area contributed by atoms with Crippen LogP contribution in [-0.2, 0) is 49.8 Å². The summed E-state index contributed by atoms with van der Waals surface area (Å²) in [5.74, 6) is 0.918. The SMILES string of the molecule is CC1(C)C(=CC=C2CCCC(C=CC3=[N+](CCCCS(=O)(=O)O)c4ccc(SOOO)cc4C3(C)C)=C2c2cccc(OCCCCO)c2)N(CCCCSOOO)c2ccc(S(=O)(=O)O)cc21. The summed E-state index contributed by atoms with van der Waals surface area (Å²) in [6.07, 6.45) is 14.5. The average Bonchev–Trinajstić information content (AvgIpc) is 3.64. The molecule has 3 aromatic carbocycles. The van der Waals surface area contributed by atoms with Gasteiger partial charge in [0.2, 0.25) is 5.69 Å². The van der Waals surface area contributed by atoms with Crippen LogP contribution in [0.2, 0.25) is 0 Å². The molecule has 20 heteroatoms. The van der Waals surface area contributed by atoms with E-state index in [1.807, 2.05) is 50.2 Å². The highest BCUT2D eigenvalue weighted by Crippen LogP contribution is 2.49. The van der Waals surface area contributed by atoms with E-state index in [2.05, 4.69) is 68.1 Å². The van der Waals surface area contributed by atoms with E-state index < -0.39 is 31.1 Å². The van der Waals surface area contributed by atoms with Crippen LogP contribution < -0.4 is 9.64 Å². The number of aliphatic hydroxyl groups is 1. The standard InChI is InChI=1S/C48H60N2O14S4/c1-47(2)40-32-38(66-64-62-53)19-21-42(40)50(26-6-10-30-67(54,55)56)44(47)23-17-34-13-11-14-35(46(34)36-15-12-16-37(31-36)60-28-8-7-27-51)18-24-45-48(3,4)41-33-39(68(57,58)59)20-22-43(41)49(45)25-5-9-29-65-63-61-52/h12,15-24,31-33,51H,5-11,13-14,25-30H2,1-4H3,(H3-,52,53,54,55,56,57,58,59)/p+1. The summed E-state index contributed by atoms with van der Waals surface area (Å²) in [5.41, 5.74) is 8.41. The molecule has 68 heavy (non-hydrogen) atoms. The number of fused-ring (bicyclic) bond motifs is 2. The minimum absolute atomic E-state index is 0.0842. The predicted molar refractivity (Wildman–Crippen MR) is 263 cm³/mol. The number of rotatable bonds is 25. The van der Waals surface area contributed by atoms with Gasteiger partial charge in [0.1, 0.15) is 12.3 Å². The lowest BCUT2D eigenvalue weighted by atomic mass is 9.79. The second kappa shape index (κ2) is 23.8. The van der Waals surface area contributed by atoms with E-state index in [-0.39, 0.29) is 23.7 Å². The van der Waals surface area contributed by atoms with E-state index in [0.717, 1.165) is 112 Å². The Kier molecular flexibility index (Phi) is 18.7. The summed E-state index contributed by atoms with van der Waals surface area (Å²) in [6, 6.07) is 18.5. The molecule has 0 fully saturated rings. The number of benzene rings is 3. The Bertz CT molecular complexity index is 2660. The van der Waals surface area contributed by atoms with E-state index >= 15 is 0 Å². The van der Waals surface area contributed by atoms with Crippen LogP contribution in [0, 0.1) is 0 Å². The van der Waals surface area contributed by atoms with E-state index in [1.54, 1.807) is 12.1 Å². The fourth-order valence-electron chi connectivity index (χ4n) is 9.23. The van der Waals surface area contributed by atoms with Crippen molar-refractivity contribution in [3.05, 3.63) is 119 Å². The van der Waals surface area contributed by atoms with Gasteiger partial charge in [-0.15, -0.1) is 8.67 Å². The van der Waals surface area contributed by atoms with Gasteiger partial charge in [0.05, 0.1) is 34.7 Å². The van der Waals surface area contributed by atoms with Gasteiger partial charge in [-0.25, -0.2) is 10.5 Å². The molecule has 5 N–H and O–H groups in total. The predicted octanol–water partition coefficient (Wildman–Crippen LogP) is 10.2. The molecular formula is C48H61N2O14S4+. The first kappa shape index (κ1) is 53.5. The molecule has 1 aliphatic carbocycles. The molecule has 0 spiro atoms. The quantitative estimate of drug-likeness (QED) is 0.0133. The minimum Gasteiger partial charge on any atom is -0.494 e. The third-order valence-electron chi connectivity index (χ3n) is 12.5. The van der Waals surface area contributed by atoms with Gasteiger partial charge in [-0.2, -0.15) is 21.4 Å². The largest absolute Gasteiger partial charge is 0.494 e. The number of aliphatic hydroxyl groups excluding tert-OH is 1. The molecule has 0 radical (unpaired) electrons. The maximum atomic E-state index is 12.3. The zero-order chi connectivity index (χ0) is 49.1. The van der Waals surface area contributed by atoms with Gasteiger partial charge in [-0.3, -0.25) is 9.11 Å². The van der Waals surface area contributed by atoms with Crippen LogP contribution in [0.5, 0.6) is 5.75 Å². The molecule has 0 saturated carbocycles. The molecule has 0 atom stereocenters. The highest BCUT2D eigenvalue weighted by Gasteiger charge is 2.45. The van der Waals surface area contributed by atoms with E-state index in [4.69, 9.17) is 19.6 Å². The lowest BCUT2D eigenvalue weighted by molar-refractivity contribution is -0.438. The molecule has 0 unspecified atom stereocenters. The van der Waals surface area contributed by atoms with Crippen molar-refractivity contribution < 1.29 is 69.6 Å². The van der Waals surface area contributed by atoms with E-state index in [0.29, 0.717) is 55.4 Å². The van der Waals surface area contributed by atoms with Crippen LogP contribution in [0.1, 0.15) is 102 Å². The number of allylic oxidation sites excluding steroid dienone is 8. The van der Waals surface area contributed by atoms with E-state index in [1.165, 1.54) is 6.07 Å². The topological polar surface area (TPSA) is 222 Å². The molecule has 0 bridgehead atoms. The Morgan fingerprint density at radius 1 is 0.809 bits per heavy atom. The molecule has 0 aromatic heterocycles. The molecule has 2 heterocycles. The molecule has 0 saturated heterocycles. The Balaban J connectivity index is 1.47. The fraction of sp³-hybridized carbons (Fsp3) is 0.438. The normalized spacial score (nSPS) is 18.1. The highest BCUT2D eigenvalue weighted by atomic mass is 32.2. The maximum absolute atomic E-state index is 12.3. The van der Waals surface area contributed by atoms with Crippen molar-refractivity contribution in [3.63, 3.8) is 0 Å². The number of hydrogen-bond acceptors (Lipinski definition) is 15. The molecule has 370 valence electrons. The second-order valence-corrected chi connectivity index (χ2v) is 22.3. The van der Waals surface area contributed by atoms with Crippen molar-refractivity contribution in [1.29, 1.82) is 0 Å². The first-order valence-electron chi connectivity index (χ1n) is 22.5. The minimum atomic E-state index is -4.47. The summed E-state index contributed by atoms with van der Waals surface area (Å²) in [7, 11) is -8.59. The van der Waals surface area contributed by atoms with Crippen molar-refractivity contribution in [2.45, 2.75) is 106 Å². The van der Waals surface area contributed by atoms with Crippen molar-refractivity contribution in [2.75, 3.05) is 42.7 Å². The Hall–Kier alpha value is -3.87. The summed E-state index contributed by atoms with van der Waals surface area (Å²) in [4.78, 5) is 2.71. The summed E-state index contributed by atoms with van der Waals surface area (Å²) in [5, 5.41) is 34.4. The Morgan fingerprint density at radius 2 is 1.60 bits per heavy atom. The van der Waals surface area contributed by atoms with Crippen molar-refractivity contribution in [3.8, 4) is 5.75 Å². The third-order valence-corrected chi connectivity index (χ3v) is 15.4. The van der Waals surface area contributed by atoms with Gasteiger partial charge in [-0.1, -0.05) is 48.2 Å². The number of ether oxygens (including phenoxy) is 1. The maximum Gasteiger partial charge on any atom is 0.294 e. The molecule has 0 amide bonds. The van der Waals surface area contributed by atoms with Gasteiger partial charge in [0.25, 0.3) is 20.2 Å². The van der Waals surface area contributed by atoms with Gasteiger partial charge in [0.15, 0.2) is 5.71 Å². The molecule has 3 aromatic rings. The first-order chi connectivity index (χ1) is 32.4. The average molecular weight is 1020 g/mol. The van der Waals surface area contributed by atoms with E-state index in [9.17, 15) is 31.0 Å². The smallest absolute Gasteiger partial charge is 0.294 e. The van der Waals surface area contributed by atoms with Crippen LogP contribution in [0.3, 0.4) is 0 Å². The Morgan fingerprint density at radius 3 is 2.34 bits per heavy atom. The third kappa shape index (κ3) is 13.3. The Labute approximate surface area is 407 Å². The van der Waals surface area contributed by atoms with Gasteiger partial charge in [0, 0.05) is 76.8 Å². The monoisotopic (exact) mass is 1020 g/mol. The van der Waals surface area contributed by atoms with Crippen LogP contribution in [-0.4, -0.2) is 89.7 Å². The zero-order valence-corrected chi connectivity index (χ0v) is 41.9. The number of anilines is 1. The van der Waals surface area contributed by atoms with Crippen LogP contribution >= 0.6 is 24.1 Å². The first-order valence-corrected chi connectivity index (χ1v) is 27.2. The number of hydrogen-bond donors (Lipinski definition) is 5. The van der Waals surface area contributed by atoms with Gasteiger partial charge < -0.3 is 14.7 Å². The molecular weight excluding hydrogens is 957 g/mol. The molecule has 3 aliphatic rings. The summed E-state index contributed by atoms with van der Waals surface area (Å²) in [6.45, 7) is 9.93. The van der Waals surface area contributed by atoms with Crippen molar-refractivity contribution in [2.24, 2.45) is 0 Å². The molecule has 6 rings (SSSR count). The van der Waals surface area contributed by atoms with Crippen molar-refractivity contribution >= 4 is 67.0 Å². The molecule has 2 aliphatic heterocycles. The fourth-order valence-corrected chi connectivity index (χ4v) is 11.1.